The van der Waals surface area contributed by atoms with Gasteiger partial charge in [0.1, 0.15) is 12.0 Å². The molecular weight excluding hydrogens is 278 g/mol. The van der Waals surface area contributed by atoms with Gasteiger partial charge in [0.05, 0.1) is 5.69 Å². The van der Waals surface area contributed by atoms with Gasteiger partial charge in [0.2, 0.25) is 5.95 Å². The van der Waals surface area contributed by atoms with E-state index in [-0.39, 0.29) is 5.95 Å². The van der Waals surface area contributed by atoms with Crippen molar-refractivity contribution in [3.05, 3.63) is 49.4 Å². The van der Waals surface area contributed by atoms with Crippen LogP contribution in [0, 0.1) is 0 Å². The average Bonchev–Trinajstić information content (AvgIpc) is 2.99. The fraction of sp³-hybridized carbons (Fsp3) is 0. The highest BCUT2D eigenvalue weighted by Crippen LogP contribution is 2.29. The van der Waals surface area contributed by atoms with E-state index < -0.39 is 0 Å². The van der Waals surface area contributed by atoms with Crippen LogP contribution >= 0.6 is 0 Å². The maximum absolute atomic E-state index is 5.67. The van der Waals surface area contributed by atoms with Crippen LogP contribution < -0.4 is 5.73 Å². The molecule has 0 atom stereocenters. The standard InChI is InChI=1S/C15H11N7/c16-15-19-2-1-13(22-15)12-7-21-14-11(12)3-9(6-20-14)10-4-17-8-18-5-10/h1-8H,(H,20,21)(H2,16,19,22). The van der Waals surface area contributed by atoms with Crippen molar-refractivity contribution in [2.75, 3.05) is 5.73 Å². The predicted octanol–water partition coefficient (Wildman–Crippen LogP) is 2.06. The molecule has 7 nitrogen and oxygen atoms in total. The van der Waals surface area contributed by atoms with E-state index in [0.717, 1.165) is 33.4 Å². The van der Waals surface area contributed by atoms with Crippen molar-refractivity contribution in [1.29, 1.82) is 0 Å². The zero-order valence-electron chi connectivity index (χ0n) is 11.4. The zero-order chi connectivity index (χ0) is 14.9. The molecule has 4 aromatic rings. The number of nitrogens with zero attached hydrogens (tertiary/aromatic N) is 5. The fourth-order valence-corrected chi connectivity index (χ4v) is 2.35. The van der Waals surface area contributed by atoms with Crippen molar-refractivity contribution in [3.8, 4) is 22.4 Å². The van der Waals surface area contributed by atoms with Crippen LogP contribution in [0.2, 0.25) is 0 Å². The van der Waals surface area contributed by atoms with Crippen molar-refractivity contribution >= 4 is 17.0 Å². The quantitative estimate of drug-likeness (QED) is 0.585. The number of pyridine rings is 1. The van der Waals surface area contributed by atoms with Gasteiger partial charge in [-0.05, 0) is 12.1 Å². The molecule has 0 aliphatic rings. The second-order valence-electron chi connectivity index (χ2n) is 4.75. The van der Waals surface area contributed by atoms with E-state index in [1.165, 1.54) is 6.33 Å². The summed E-state index contributed by atoms with van der Waals surface area (Å²) in [5.41, 5.74) is 9.98. The first kappa shape index (κ1) is 12.4. The van der Waals surface area contributed by atoms with Gasteiger partial charge < -0.3 is 10.7 Å². The number of hydrogen-bond donors (Lipinski definition) is 2. The molecule has 0 radical (unpaired) electrons. The molecule has 0 fully saturated rings. The van der Waals surface area contributed by atoms with Crippen LogP contribution in [0.1, 0.15) is 0 Å². The Morgan fingerprint density at radius 3 is 2.68 bits per heavy atom. The van der Waals surface area contributed by atoms with Crippen molar-refractivity contribution < 1.29 is 0 Å². The van der Waals surface area contributed by atoms with Crippen LogP contribution in [0.3, 0.4) is 0 Å². The number of hydrogen-bond acceptors (Lipinski definition) is 6. The Kier molecular flexibility index (Phi) is 2.75. The number of nitrogens with one attached hydrogen (secondary N) is 1. The highest BCUT2D eigenvalue weighted by atomic mass is 15.0. The van der Waals surface area contributed by atoms with Crippen molar-refractivity contribution in [1.82, 2.24) is 29.9 Å². The van der Waals surface area contributed by atoms with Gasteiger partial charge in [-0.1, -0.05) is 0 Å². The SMILES string of the molecule is Nc1nccc(-c2c[nH]c3ncc(-c4cncnc4)cc23)n1. The summed E-state index contributed by atoms with van der Waals surface area (Å²) in [4.78, 5) is 23.8. The van der Waals surface area contributed by atoms with Gasteiger partial charge in [0.25, 0.3) is 0 Å². The predicted molar refractivity (Wildman–Crippen MR) is 82.6 cm³/mol. The summed E-state index contributed by atoms with van der Waals surface area (Å²) in [6.45, 7) is 0. The van der Waals surface area contributed by atoms with Gasteiger partial charge in [0.15, 0.2) is 0 Å². The molecule has 4 aromatic heterocycles. The Morgan fingerprint density at radius 1 is 1.00 bits per heavy atom. The smallest absolute Gasteiger partial charge is 0.220 e. The van der Waals surface area contributed by atoms with Gasteiger partial charge in [-0.3, -0.25) is 0 Å². The molecule has 4 heterocycles. The van der Waals surface area contributed by atoms with Crippen molar-refractivity contribution in [3.63, 3.8) is 0 Å². The minimum Gasteiger partial charge on any atom is -0.368 e. The summed E-state index contributed by atoms with van der Waals surface area (Å²) in [5.74, 6) is 0.243. The van der Waals surface area contributed by atoms with E-state index in [0.29, 0.717) is 0 Å². The third kappa shape index (κ3) is 2.05. The molecule has 0 saturated heterocycles. The summed E-state index contributed by atoms with van der Waals surface area (Å²) < 4.78 is 0. The minimum absolute atomic E-state index is 0.243. The maximum atomic E-state index is 5.67. The van der Waals surface area contributed by atoms with Crippen LogP contribution in [0.5, 0.6) is 0 Å². The summed E-state index contributed by atoms with van der Waals surface area (Å²) in [6, 6.07) is 3.85. The molecule has 0 amide bonds. The number of nitrogen functional groups attached to an aromatic ring is 1. The molecule has 3 N–H and O–H groups in total. The molecular formula is C15H11N7. The highest BCUT2D eigenvalue weighted by molar-refractivity contribution is 5.94. The number of H-pyrrole nitrogens is 1. The minimum atomic E-state index is 0.243. The normalized spacial score (nSPS) is 10.9. The molecule has 22 heavy (non-hydrogen) atoms. The lowest BCUT2D eigenvalue weighted by atomic mass is 10.1. The van der Waals surface area contributed by atoms with E-state index in [1.54, 1.807) is 24.8 Å². The molecule has 0 saturated carbocycles. The van der Waals surface area contributed by atoms with E-state index in [9.17, 15) is 0 Å². The van der Waals surface area contributed by atoms with Crippen LogP contribution in [0.4, 0.5) is 5.95 Å². The number of fused-ring (bicyclic) bond motifs is 1. The molecule has 0 unspecified atom stereocenters. The first-order valence-electron chi connectivity index (χ1n) is 6.63. The molecule has 0 spiro atoms. The van der Waals surface area contributed by atoms with Gasteiger partial charge in [-0.2, -0.15) is 0 Å². The van der Waals surface area contributed by atoms with Crippen LogP contribution in [0.15, 0.2) is 49.4 Å². The molecule has 0 bridgehead atoms. The van der Waals surface area contributed by atoms with Crippen LogP contribution in [0.25, 0.3) is 33.4 Å². The van der Waals surface area contributed by atoms with Crippen LogP contribution in [-0.4, -0.2) is 29.9 Å². The van der Waals surface area contributed by atoms with Gasteiger partial charge in [0, 0.05) is 53.1 Å². The number of aromatic amines is 1. The zero-order valence-corrected chi connectivity index (χ0v) is 11.4. The Labute approximate surface area is 125 Å². The molecule has 0 aliphatic carbocycles. The number of anilines is 1. The lowest BCUT2D eigenvalue weighted by molar-refractivity contribution is 1.17. The second-order valence-corrected chi connectivity index (χ2v) is 4.75. The Hall–Kier alpha value is -3.35. The topological polar surface area (TPSA) is 106 Å². The van der Waals surface area contributed by atoms with E-state index in [4.69, 9.17) is 5.73 Å². The summed E-state index contributed by atoms with van der Waals surface area (Å²) in [5, 5.41) is 0.958. The molecule has 4 rings (SSSR count). The van der Waals surface area contributed by atoms with Crippen molar-refractivity contribution in [2.45, 2.75) is 0 Å². The van der Waals surface area contributed by atoms with E-state index >= 15 is 0 Å². The lowest BCUT2D eigenvalue weighted by Crippen LogP contribution is -1.94. The first-order chi connectivity index (χ1) is 10.8. The number of aromatic nitrogens is 6. The summed E-state index contributed by atoms with van der Waals surface area (Å²) in [7, 11) is 0. The summed E-state index contributed by atoms with van der Waals surface area (Å²) >= 11 is 0. The lowest BCUT2D eigenvalue weighted by Gasteiger charge is -2.02. The van der Waals surface area contributed by atoms with Gasteiger partial charge in [-0.25, -0.2) is 24.9 Å². The third-order valence-electron chi connectivity index (χ3n) is 3.38. The van der Waals surface area contributed by atoms with E-state index in [2.05, 4.69) is 29.9 Å². The van der Waals surface area contributed by atoms with E-state index in [1.807, 2.05) is 18.3 Å². The highest BCUT2D eigenvalue weighted by Gasteiger charge is 2.10. The molecule has 106 valence electrons. The Bertz CT molecular complexity index is 946. The first-order valence-corrected chi connectivity index (χ1v) is 6.63. The summed E-state index contributed by atoms with van der Waals surface area (Å²) in [6.07, 6.45) is 10.3. The van der Waals surface area contributed by atoms with Crippen molar-refractivity contribution in [2.24, 2.45) is 0 Å². The Morgan fingerprint density at radius 2 is 1.86 bits per heavy atom. The molecule has 0 aromatic carbocycles. The average molecular weight is 289 g/mol. The third-order valence-corrected chi connectivity index (χ3v) is 3.38. The van der Waals surface area contributed by atoms with Crippen LogP contribution in [-0.2, 0) is 0 Å². The molecule has 7 heteroatoms. The second kappa shape index (κ2) is 4.88. The number of nitrogens with two attached hydrogens (primary N) is 1. The molecule has 0 aliphatic heterocycles. The van der Waals surface area contributed by atoms with Gasteiger partial charge >= 0.3 is 0 Å². The number of rotatable bonds is 2. The Balaban J connectivity index is 1.91. The fourth-order valence-electron chi connectivity index (χ4n) is 2.35. The largest absolute Gasteiger partial charge is 0.368 e. The van der Waals surface area contributed by atoms with Gasteiger partial charge in [-0.15, -0.1) is 0 Å². The monoisotopic (exact) mass is 289 g/mol. The maximum Gasteiger partial charge on any atom is 0.220 e.